The van der Waals surface area contributed by atoms with Crippen LogP contribution >= 0.6 is 0 Å². The Labute approximate surface area is 206 Å². The van der Waals surface area contributed by atoms with Crippen molar-refractivity contribution in [3.05, 3.63) is 53.1 Å². The molecule has 11 nitrogen and oxygen atoms in total. The monoisotopic (exact) mass is 501 g/mol. The van der Waals surface area contributed by atoms with Crippen LogP contribution in [0.5, 0.6) is 23.0 Å². The Morgan fingerprint density at radius 1 is 1.11 bits per heavy atom. The fraction of sp³-hybridized carbons (Fsp3) is 0.320. The van der Waals surface area contributed by atoms with Crippen molar-refractivity contribution in [3.8, 4) is 23.0 Å². The number of hydrogen-bond donors (Lipinski definition) is 5. The number of aliphatic carboxylic acids is 2. The summed E-state index contributed by atoms with van der Waals surface area (Å²) in [6.07, 6.45) is 1.32. The van der Waals surface area contributed by atoms with E-state index in [2.05, 4.69) is 5.32 Å². The number of aliphatic hydroxyl groups excluding tert-OH is 1. The Morgan fingerprint density at radius 3 is 2.44 bits per heavy atom. The topological polar surface area (TPSA) is 172 Å². The van der Waals surface area contributed by atoms with E-state index in [0.29, 0.717) is 28.2 Å². The molecule has 2 aromatic carbocycles. The number of benzene rings is 2. The zero-order valence-corrected chi connectivity index (χ0v) is 19.6. The molecule has 3 rings (SSSR count). The van der Waals surface area contributed by atoms with E-state index in [9.17, 15) is 29.7 Å². The van der Waals surface area contributed by atoms with Crippen molar-refractivity contribution in [1.29, 1.82) is 0 Å². The van der Waals surface area contributed by atoms with Gasteiger partial charge in [0.2, 0.25) is 5.91 Å². The summed E-state index contributed by atoms with van der Waals surface area (Å²) in [5.41, 5.74) is 1.84. The van der Waals surface area contributed by atoms with Crippen LogP contribution in [0.3, 0.4) is 0 Å². The second kappa shape index (κ2) is 11.5. The number of aliphatic hydroxyl groups is 1. The first kappa shape index (κ1) is 26.4. The van der Waals surface area contributed by atoms with Gasteiger partial charge in [-0.25, -0.2) is 4.79 Å². The molecule has 11 heteroatoms. The first-order valence-corrected chi connectivity index (χ1v) is 11.0. The molecule has 5 N–H and O–H groups in total. The molecule has 0 bridgehead atoms. The van der Waals surface area contributed by atoms with Crippen molar-refractivity contribution in [1.82, 2.24) is 5.32 Å². The summed E-state index contributed by atoms with van der Waals surface area (Å²) in [5.74, 6) is -2.69. The molecule has 0 saturated carbocycles. The van der Waals surface area contributed by atoms with Gasteiger partial charge in [0.05, 0.1) is 26.7 Å². The maximum Gasteiger partial charge on any atom is 0.326 e. The quantitative estimate of drug-likeness (QED) is 0.287. The lowest BCUT2D eigenvalue weighted by Crippen LogP contribution is -2.40. The number of carboxylic acid groups (broad SMARTS) is 2. The molecular formula is C25H27NO10. The van der Waals surface area contributed by atoms with Gasteiger partial charge in [-0.15, -0.1) is 0 Å². The maximum atomic E-state index is 12.3. The third kappa shape index (κ3) is 5.87. The highest BCUT2D eigenvalue weighted by Crippen LogP contribution is 2.51. The van der Waals surface area contributed by atoms with Crippen LogP contribution < -0.4 is 19.5 Å². The number of fused-ring (bicyclic) bond motifs is 1. The van der Waals surface area contributed by atoms with E-state index in [4.69, 9.17) is 19.3 Å². The summed E-state index contributed by atoms with van der Waals surface area (Å²) in [7, 11) is 2.87. The van der Waals surface area contributed by atoms with Crippen LogP contribution in [-0.4, -0.2) is 65.1 Å². The molecule has 0 radical (unpaired) electrons. The molecule has 1 heterocycles. The lowest BCUT2D eigenvalue weighted by molar-refractivity contribution is -0.142. The van der Waals surface area contributed by atoms with Crippen molar-refractivity contribution >= 4 is 23.9 Å². The van der Waals surface area contributed by atoms with Gasteiger partial charge in [0, 0.05) is 18.1 Å². The van der Waals surface area contributed by atoms with Crippen LogP contribution in [0.1, 0.15) is 41.6 Å². The first-order chi connectivity index (χ1) is 17.2. The molecule has 0 unspecified atom stereocenters. The SMILES string of the molecule is COc1cc([C@H]2Oc3c(OC)cc(C=CC(=O)N[C@@H](CCC(=O)O)C(=O)O)cc3[C@@H]2CO)ccc1O. The average Bonchev–Trinajstić information content (AvgIpc) is 3.23. The van der Waals surface area contributed by atoms with Crippen LogP contribution in [0, 0.1) is 0 Å². The molecule has 0 saturated heterocycles. The van der Waals surface area contributed by atoms with E-state index in [1.165, 1.54) is 26.4 Å². The molecule has 1 aliphatic heterocycles. The third-order valence-corrected chi connectivity index (χ3v) is 5.75. The minimum Gasteiger partial charge on any atom is -0.504 e. The number of ether oxygens (including phenoxy) is 3. The van der Waals surface area contributed by atoms with Crippen LogP contribution in [0.2, 0.25) is 0 Å². The van der Waals surface area contributed by atoms with Gasteiger partial charge in [-0.2, -0.15) is 0 Å². The fourth-order valence-corrected chi connectivity index (χ4v) is 3.95. The number of phenols is 1. The maximum absolute atomic E-state index is 12.3. The number of aromatic hydroxyl groups is 1. The highest BCUT2D eigenvalue weighted by Gasteiger charge is 2.38. The minimum atomic E-state index is -1.34. The summed E-state index contributed by atoms with van der Waals surface area (Å²) < 4.78 is 16.8. The molecule has 0 aromatic heterocycles. The number of carbonyl (C=O) groups is 3. The molecule has 0 fully saturated rings. The standard InChI is InChI=1S/C25H27NO10/c1-34-19-11-14(4-6-18(19)28)23-16(12-27)15-9-13(10-20(35-2)24(15)36-23)3-7-21(29)26-17(25(32)33)5-8-22(30)31/h3-4,6-7,9-11,16-17,23,27-28H,5,8,12H2,1-2H3,(H,26,29)(H,30,31)(H,32,33)/t16-,17-,23+/m0/s1. The third-order valence-electron chi connectivity index (χ3n) is 5.75. The van der Waals surface area contributed by atoms with Crippen LogP contribution in [-0.2, 0) is 14.4 Å². The highest BCUT2D eigenvalue weighted by atomic mass is 16.5. The lowest BCUT2D eigenvalue weighted by Gasteiger charge is -2.18. The van der Waals surface area contributed by atoms with Gasteiger partial charge in [0.25, 0.3) is 0 Å². The molecule has 2 aromatic rings. The van der Waals surface area contributed by atoms with Gasteiger partial charge in [0.15, 0.2) is 23.0 Å². The van der Waals surface area contributed by atoms with E-state index >= 15 is 0 Å². The second-order valence-corrected chi connectivity index (χ2v) is 8.07. The van der Waals surface area contributed by atoms with Crippen molar-refractivity contribution in [2.75, 3.05) is 20.8 Å². The summed E-state index contributed by atoms with van der Waals surface area (Å²) in [5, 5.41) is 40.3. The van der Waals surface area contributed by atoms with Crippen LogP contribution in [0.4, 0.5) is 0 Å². The Hall–Kier alpha value is -4.25. The number of hydrogen-bond acceptors (Lipinski definition) is 8. The van der Waals surface area contributed by atoms with Gasteiger partial charge in [0.1, 0.15) is 12.1 Å². The molecule has 0 aliphatic carbocycles. The van der Waals surface area contributed by atoms with E-state index in [1.807, 2.05) is 0 Å². The molecule has 36 heavy (non-hydrogen) atoms. The van der Waals surface area contributed by atoms with Crippen molar-refractivity contribution < 1.29 is 49.0 Å². The van der Waals surface area contributed by atoms with Gasteiger partial charge in [-0.05, 0) is 47.9 Å². The Morgan fingerprint density at radius 2 is 1.83 bits per heavy atom. The number of methoxy groups -OCH3 is 2. The zero-order valence-electron chi connectivity index (χ0n) is 19.6. The second-order valence-electron chi connectivity index (χ2n) is 8.07. The van der Waals surface area contributed by atoms with Crippen molar-refractivity contribution in [3.63, 3.8) is 0 Å². The summed E-state index contributed by atoms with van der Waals surface area (Å²) in [6.45, 7) is -0.262. The highest BCUT2D eigenvalue weighted by molar-refractivity contribution is 5.94. The van der Waals surface area contributed by atoms with Crippen molar-refractivity contribution in [2.45, 2.75) is 30.9 Å². The predicted molar refractivity (Wildman–Crippen MR) is 126 cm³/mol. The average molecular weight is 501 g/mol. The Balaban J connectivity index is 1.84. The fourth-order valence-electron chi connectivity index (χ4n) is 3.95. The van der Waals surface area contributed by atoms with E-state index in [-0.39, 0.29) is 24.5 Å². The molecule has 1 aliphatic rings. The number of phenolic OH excluding ortho intramolecular Hbond substituents is 1. The molecule has 1 amide bonds. The summed E-state index contributed by atoms with van der Waals surface area (Å²) in [4.78, 5) is 34.3. The number of amides is 1. The molecule has 3 atom stereocenters. The lowest BCUT2D eigenvalue weighted by atomic mass is 9.90. The summed E-state index contributed by atoms with van der Waals surface area (Å²) >= 11 is 0. The predicted octanol–water partition coefficient (Wildman–Crippen LogP) is 2.07. The number of carbonyl (C=O) groups excluding carboxylic acids is 1. The van der Waals surface area contributed by atoms with Gasteiger partial charge >= 0.3 is 11.9 Å². The number of nitrogens with one attached hydrogen (secondary N) is 1. The van der Waals surface area contributed by atoms with E-state index in [1.54, 1.807) is 24.3 Å². The van der Waals surface area contributed by atoms with Gasteiger partial charge < -0.3 is 40.0 Å². The first-order valence-electron chi connectivity index (χ1n) is 11.0. The zero-order chi connectivity index (χ0) is 26.4. The molecular weight excluding hydrogens is 474 g/mol. The largest absolute Gasteiger partial charge is 0.504 e. The Kier molecular flexibility index (Phi) is 8.38. The number of carboxylic acids is 2. The van der Waals surface area contributed by atoms with Gasteiger partial charge in [-0.3, -0.25) is 9.59 Å². The normalized spacial score (nSPS) is 17.2. The smallest absolute Gasteiger partial charge is 0.326 e. The van der Waals surface area contributed by atoms with E-state index in [0.717, 1.165) is 6.08 Å². The van der Waals surface area contributed by atoms with E-state index < -0.39 is 42.3 Å². The van der Waals surface area contributed by atoms with Gasteiger partial charge in [-0.1, -0.05) is 6.07 Å². The van der Waals surface area contributed by atoms with Crippen LogP contribution in [0.15, 0.2) is 36.4 Å². The summed E-state index contributed by atoms with van der Waals surface area (Å²) in [6, 6.07) is 6.76. The molecule has 192 valence electrons. The van der Waals surface area contributed by atoms with Crippen LogP contribution in [0.25, 0.3) is 6.08 Å². The van der Waals surface area contributed by atoms with Crippen molar-refractivity contribution in [2.24, 2.45) is 0 Å². The minimum absolute atomic E-state index is 0.0336. The number of rotatable bonds is 11. The molecule has 0 spiro atoms. The Bertz CT molecular complexity index is 1180.